The number of amides is 1. The zero-order valence-corrected chi connectivity index (χ0v) is 14.3. The predicted octanol–water partition coefficient (Wildman–Crippen LogP) is 3.40. The van der Waals surface area contributed by atoms with Gasteiger partial charge < -0.3 is 14.2 Å². The van der Waals surface area contributed by atoms with Crippen molar-refractivity contribution >= 4 is 12.0 Å². The van der Waals surface area contributed by atoms with Crippen molar-refractivity contribution in [3.8, 4) is 5.75 Å². The number of halogens is 2. The Balaban J connectivity index is 1.59. The van der Waals surface area contributed by atoms with Gasteiger partial charge in [0.25, 0.3) is 0 Å². The molecule has 0 radical (unpaired) electrons. The molecule has 0 aliphatic carbocycles. The van der Waals surface area contributed by atoms with Gasteiger partial charge in [-0.15, -0.1) is 0 Å². The van der Waals surface area contributed by atoms with Gasteiger partial charge in [0.15, 0.2) is 5.82 Å². The molecule has 0 saturated carbocycles. The number of ether oxygens (including phenoxy) is 1. The molecule has 8 heteroatoms. The summed E-state index contributed by atoms with van der Waals surface area (Å²) in [7, 11) is 0. The summed E-state index contributed by atoms with van der Waals surface area (Å²) in [6.45, 7) is 0.117. The van der Waals surface area contributed by atoms with Crippen molar-refractivity contribution in [2.24, 2.45) is 0 Å². The molecule has 1 aliphatic heterocycles. The average Bonchev–Trinajstić information content (AvgIpc) is 3.07. The molecule has 1 saturated heterocycles. The van der Waals surface area contributed by atoms with Crippen LogP contribution >= 0.6 is 0 Å². The van der Waals surface area contributed by atoms with Crippen LogP contribution in [0.1, 0.15) is 36.0 Å². The van der Waals surface area contributed by atoms with Crippen molar-refractivity contribution in [3.05, 3.63) is 47.6 Å². The Bertz CT molecular complexity index is 774. The molecule has 1 fully saturated rings. The Morgan fingerprint density at radius 2 is 2.15 bits per heavy atom. The number of hydrogen-bond donors (Lipinski definition) is 0. The standard InChI is InChI=1S/C18H19F2N3O3/c1-12-21-17(26-22-12)14-3-2-10-23(11-14)16(24)9-6-13-4-7-15(8-5-13)25-18(19)20/h4-9,14,18H,2-3,10-11H2,1H3/b9-6-/t14-/m1/s1. The highest BCUT2D eigenvalue weighted by molar-refractivity contribution is 5.91. The number of nitrogens with zero attached hydrogens (tertiary/aromatic N) is 3. The van der Waals surface area contributed by atoms with Crippen molar-refractivity contribution in [2.75, 3.05) is 13.1 Å². The predicted molar refractivity (Wildman–Crippen MR) is 89.7 cm³/mol. The lowest BCUT2D eigenvalue weighted by Crippen LogP contribution is -2.38. The number of rotatable bonds is 5. The fourth-order valence-electron chi connectivity index (χ4n) is 2.89. The third-order valence-electron chi connectivity index (χ3n) is 4.15. The zero-order chi connectivity index (χ0) is 18.5. The molecule has 0 bridgehead atoms. The summed E-state index contributed by atoms with van der Waals surface area (Å²) >= 11 is 0. The van der Waals surface area contributed by atoms with Crippen molar-refractivity contribution in [3.63, 3.8) is 0 Å². The summed E-state index contributed by atoms with van der Waals surface area (Å²) < 4.78 is 33.8. The van der Waals surface area contributed by atoms with E-state index in [1.165, 1.54) is 18.2 Å². The van der Waals surface area contributed by atoms with Crippen LogP contribution in [0.3, 0.4) is 0 Å². The van der Waals surface area contributed by atoms with Crippen molar-refractivity contribution in [1.29, 1.82) is 0 Å². The molecule has 0 spiro atoms. The minimum atomic E-state index is -2.85. The van der Waals surface area contributed by atoms with E-state index < -0.39 is 6.61 Å². The SMILES string of the molecule is Cc1noc([C@@H]2CCCN(C(=O)/C=C\c3ccc(OC(F)F)cc3)C2)n1. The highest BCUT2D eigenvalue weighted by Gasteiger charge is 2.27. The van der Waals surface area contributed by atoms with Crippen molar-refractivity contribution in [1.82, 2.24) is 15.0 Å². The quantitative estimate of drug-likeness (QED) is 0.762. The monoisotopic (exact) mass is 363 g/mol. The summed E-state index contributed by atoms with van der Waals surface area (Å²) in [4.78, 5) is 18.4. The number of piperidine rings is 1. The summed E-state index contributed by atoms with van der Waals surface area (Å²) in [5.41, 5.74) is 0.723. The average molecular weight is 363 g/mol. The maximum atomic E-state index is 12.4. The lowest BCUT2D eigenvalue weighted by Gasteiger charge is -2.30. The Morgan fingerprint density at radius 1 is 1.38 bits per heavy atom. The van der Waals surface area contributed by atoms with Crippen LogP contribution in [0, 0.1) is 6.92 Å². The number of alkyl halides is 2. The van der Waals surface area contributed by atoms with Crippen molar-refractivity contribution < 1.29 is 22.8 Å². The van der Waals surface area contributed by atoms with E-state index in [-0.39, 0.29) is 17.6 Å². The molecule has 26 heavy (non-hydrogen) atoms. The molecule has 0 N–H and O–H groups in total. The molecule has 6 nitrogen and oxygen atoms in total. The highest BCUT2D eigenvalue weighted by Crippen LogP contribution is 2.26. The first kappa shape index (κ1) is 18.0. The van der Waals surface area contributed by atoms with Gasteiger partial charge in [-0.3, -0.25) is 4.79 Å². The molecule has 138 valence electrons. The molecule has 2 heterocycles. The highest BCUT2D eigenvalue weighted by atomic mass is 19.3. The minimum Gasteiger partial charge on any atom is -0.435 e. The number of carbonyl (C=O) groups is 1. The lowest BCUT2D eigenvalue weighted by atomic mass is 9.98. The number of hydrogen-bond acceptors (Lipinski definition) is 5. The van der Waals surface area contributed by atoms with E-state index in [4.69, 9.17) is 4.52 Å². The molecule has 0 unspecified atom stereocenters. The second-order valence-corrected chi connectivity index (χ2v) is 6.08. The number of aryl methyl sites for hydroxylation is 1. The van der Waals surface area contributed by atoms with E-state index in [1.54, 1.807) is 30.0 Å². The van der Waals surface area contributed by atoms with Gasteiger partial charge in [0.1, 0.15) is 5.75 Å². The van der Waals surface area contributed by atoms with Gasteiger partial charge in [-0.1, -0.05) is 17.3 Å². The van der Waals surface area contributed by atoms with Crippen LogP contribution in [-0.2, 0) is 4.79 Å². The van der Waals surface area contributed by atoms with E-state index >= 15 is 0 Å². The Kier molecular flexibility index (Phi) is 5.60. The molecule has 1 aromatic heterocycles. The van der Waals surface area contributed by atoms with Crippen LogP contribution in [-0.4, -0.2) is 40.6 Å². The lowest BCUT2D eigenvalue weighted by molar-refractivity contribution is -0.127. The second-order valence-electron chi connectivity index (χ2n) is 6.08. The van der Waals surface area contributed by atoms with Gasteiger partial charge >= 0.3 is 6.61 Å². The van der Waals surface area contributed by atoms with Gasteiger partial charge in [0.05, 0.1) is 5.92 Å². The van der Waals surface area contributed by atoms with Crippen LogP contribution in [0.15, 0.2) is 34.9 Å². The summed E-state index contributed by atoms with van der Waals surface area (Å²) in [6.07, 6.45) is 4.89. The topological polar surface area (TPSA) is 68.5 Å². The summed E-state index contributed by atoms with van der Waals surface area (Å²) in [5.74, 6) is 1.17. The maximum Gasteiger partial charge on any atom is 0.387 e. The summed E-state index contributed by atoms with van der Waals surface area (Å²) in [5, 5.41) is 3.80. The van der Waals surface area contributed by atoms with E-state index in [0.29, 0.717) is 24.8 Å². The first-order valence-electron chi connectivity index (χ1n) is 8.33. The number of carbonyl (C=O) groups excluding carboxylic acids is 1. The van der Waals surface area contributed by atoms with Gasteiger partial charge in [-0.25, -0.2) is 0 Å². The van der Waals surface area contributed by atoms with Gasteiger partial charge in [0.2, 0.25) is 11.8 Å². The van der Waals surface area contributed by atoms with E-state index in [9.17, 15) is 13.6 Å². The molecule has 2 aromatic rings. The second kappa shape index (κ2) is 8.07. The Hall–Kier alpha value is -2.77. The third kappa shape index (κ3) is 4.65. The van der Waals surface area contributed by atoms with Crippen LogP contribution in [0.5, 0.6) is 5.75 Å². The molecule has 1 atom stereocenters. The number of benzene rings is 1. The molecule has 3 rings (SSSR count). The smallest absolute Gasteiger partial charge is 0.387 e. The third-order valence-corrected chi connectivity index (χ3v) is 4.15. The minimum absolute atomic E-state index is 0.0491. The van der Waals surface area contributed by atoms with Crippen LogP contribution < -0.4 is 4.74 Å². The fraction of sp³-hybridized carbons (Fsp3) is 0.389. The maximum absolute atomic E-state index is 12.4. The Morgan fingerprint density at radius 3 is 2.81 bits per heavy atom. The Labute approximate surface area is 149 Å². The summed E-state index contributed by atoms with van der Waals surface area (Å²) in [6, 6.07) is 6.10. The van der Waals surface area contributed by atoms with Gasteiger partial charge in [0, 0.05) is 19.2 Å². The van der Waals surface area contributed by atoms with Crippen LogP contribution in [0.4, 0.5) is 8.78 Å². The molecular weight excluding hydrogens is 344 g/mol. The normalized spacial score (nSPS) is 17.8. The van der Waals surface area contributed by atoms with E-state index in [0.717, 1.165) is 18.4 Å². The van der Waals surface area contributed by atoms with E-state index in [1.807, 2.05) is 0 Å². The molecule has 1 amide bonds. The number of likely N-dealkylation sites (tertiary alicyclic amines) is 1. The van der Waals surface area contributed by atoms with Gasteiger partial charge in [-0.2, -0.15) is 13.8 Å². The molecular formula is C18H19F2N3O3. The fourth-order valence-corrected chi connectivity index (χ4v) is 2.89. The van der Waals surface area contributed by atoms with Crippen molar-refractivity contribution in [2.45, 2.75) is 32.3 Å². The molecule has 1 aliphatic rings. The van der Waals surface area contributed by atoms with Gasteiger partial charge in [-0.05, 0) is 43.5 Å². The van der Waals surface area contributed by atoms with Crippen LogP contribution in [0.25, 0.3) is 6.08 Å². The van der Waals surface area contributed by atoms with Crippen LogP contribution in [0.2, 0.25) is 0 Å². The zero-order valence-electron chi connectivity index (χ0n) is 14.3. The van der Waals surface area contributed by atoms with E-state index in [2.05, 4.69) is 14.9 Å². The number of aromatic nitrogens is 2. The first-order valence-corrected chi connectivity index (χ1v) is 8.33. The largest absolute Gasteiger partial charge is 0.435 e. The molecule has 1 aromatic carbocycles. The first-order chi connectivity index (χ1) is 12.5.